The summed E-state index contributed by atoms with van der Waals surface area (Å²) in [6.07, 6.45) is 56.7. The molecular formula is C68H110O5. The number of rotatable bonds is 49. The molecule has 0 spiro atoms. The quantitative estimate of drug-likeness (QED) is 0.0347. The maximum Gasteiger partial charge on any atom is 0.348 e. The molecule has 412 valence electrons. The summed E-state index contributed by atoms with van der Waals surface area (Å²) in [6.45, 7) is 6.84. The van der Waals surface area contributed by atoms with E-state index in [0.29, 0.717) is 23.5 Å². The van der Waals surface area contributed by atoms with Gasteiger partial charge in [-0.25, -0.2) is 9.59 Å². The van der Waals surface area contributed by atoms with Crippen molar-refractivity contribution in [3.63, 3.8) is 0 Å². The molecule has 0 aliphatic rings. The summed E-state index contributed by atoms with van der Waals surface area (Å²) in [4.78, 5) is 28.5. The number of carbonyl (C=O) groups is 2. The van der Waals surface area contributed by atoms with Crippen LogP contribution in [0.3, 0.4) is 0 Å². The Kier molecular flexibility index (Phi) is 39.0. The molecule has 1 N–H and O–H groups in total. The SMILES string of the molecule is CCCCCCCCCCCCCCCCc1ccccc1OC(=O)c1ccc(CCCCCCCCCCCCCCCC)c(O)c1C(=O)Oc1ccccc1CCCCCCCCCCCCCCCC. The second kappa shape index (κ2) is 44.7. The number of phenolic OH excluding ortho intramolecular Hbond substituents is 1. The minimum absolute atomic E-state index is 0.0305. The molecule has 0 aromatic heterocycles. The Hall–Kier alpha value is -3.60. The van der Waals surface area contributed by atoms with Crippen LogP contribution in [-0.2, 0) is 19.3 Å². The van der Waals surface area contributed by atoms with Gasteiger partial charge in [-0.1, -0.05) is 314 Å². The van der Waals surface area contributed by atoms with Crippen LogP contribution in [0.4, 0.5) is 0 Å². The number of ether oxygens (including phenoxy) is 2. The minimum atomic E-state index is -0.726. The first-order valence-electron chi connectivity index (χ1n) is 31.4. The number of para-hydroxylation sites is 2. The number of benzene rings is 3. The molecule has 3 rings (SSSR count). The lowest BCUT2D eigenvalue weighted by atomic mass is 9.97. The Labute approximate surface area is 449 Å². The highest BCUT2D eigenvalue weighted by Gasteiger charge is 2.27. The molecule has 73 heavy (non-hydrogen) atoms. The molecule has 0 amide bonds. The van der Waals surface area contributed by atoms with Crippen molar-refractivity contribution in [3.8, 4) is 17.2 Å². The van der Waals surface area contributed by atoms with Crippen LogP contribution >= 0.6 is 0 Å². The first-order valence-corrected chi connectivity index (χ1v) is 31.4. The first-order chi connectivity index (χ1) is 36.0. The zero-order valence-corrected chi connectivity index (χ0v) is 47.7. The molecule has 0 radical (unpaired) electrons. The third kappa shape index (κ3) is 30.5. The molecule has 5 heteroatoms. The number of esters is 2. The molecule has 0 unspecified atom stereocenters. The van der Waals surface area contributed by atoms with Crippen LogP contribution < -0.4 is 9.47 Å². The number of hydrogen-bond acceptors (Lipinski definition) is 5. The molecule has 3 aromatic carbocycles. The van der Waals surface area contributed by atoms with Gasteiger partial charge < -0.3 is 14.6 Å². The largest absolute Gasteiger partial charge is 0.507 e. The van der Waals surface area contributed by atoms with Gasteiger partial charge >= 0.3 is 11.9 Å². The second-order valence-electron chi connectivity index (χ2n) is 22.0. The zero-order valence-electron chi connectivity index (χ0n) is 47.7. The van der Waals surface area contributed by atoms with E-state index in [1.807, 2.05) is 48.5 Å². The van der Waals surface area contributed by atoms with Crippen LogP contribution in [-0.4, -0.2) is 17.0 Å². The summed E-state index contributed by atoms with van der Waals surface area (Å²) in [5.41, 5.74) is 2.53. The third-order valence-corrected chi connectivity index (χ3v) is 15.4. The van der Waals surface area contributed by atoms with Gasteiger partial charge in [0.05, 0.1) is 5.56 Å². The molecule has 0 fully saturated rings. The molecule has 0 aliphatic heterocycles. The third-order valence-electron chi connectivity index (χ3n) is 15.4. The average Bonchev–Trinajstić information content (AvgIpc) is 3.40. The highest BCUT2D eigenvalue weighted by Crippen LogP contribution is 2.32. The van der Waals surface area contributed by atoms with Crippen molar-refractivity contribution in [2.75, 3.05) is 0 Å². The van der Waals surface area contributed by atoms with Crippen molar-refractivity contribution in [1.82, 2.24) is 0 Å². The normalized spacial score (nSPS) is 11.4. The van der Waals surface area contributed by atoms with Gasteiger partial charge in [0.2, 0.25) is 0 Å². The van der Waals surface area contributed by atoms with E-state index in [1.54, 1.807) is 12.1 Å². The van der Waals surface area contributed by atoms with Gasteiger partial charge in [-0.2, -0.15) is 0 Å². The van der Waals surface area contributed by atoms with Crippen LogP contribution in [0.1, 0.15) is 328 Å². The van der Waals surface area contributed by atoms with Gasteiger partial charge in [0, 0.05) is 0 Å². The molecular weight excluding hydrogens is 897 g/mol. The van der Waals surface area contributed by atoms with Gasteiger partial charge in [0.1, 0.15) is 22.8 Å². The number of aromatic hydroxyl groups is 1. The van der Waals surface area contributed by atoms with Crippen molar-refractivity contribution in [3.05, 3.63) is 88.5 Å². The molecule has 0 atom stereocenters. The highest BCUT2D eigenvalue weighted by atomic mass is 16.5. The Morgan fingerprint density at radius 1 is 0.315 bits per heavy atom. The van der Waals surface area contributed by atoms with E-state index in [4.69, 9.17) is 9.47 Å². The van der Waals surface area contributed by atoms with E-state index in [0.717, 1.165) is 68.9 Å². The van der Waals surface area contributed by atoms with E-state index < -0.39 is 11.9 Å². The fourth-order valence-corrected chi connectivity index (χ4v) is 10.7. The van der Waals surface area contributed by atoms with Crippen molar-refractivity contribution in [2.45, 2.75) is 310 Å². The van der Waals surface area contributed by atoms with Gasteiger partial charge in [-0.05, 0) is 73.4 Å². The van der Waals surface area contributed by atoms with E-state index >= 15 is 0 Å². The van der Waals surface area contributed by atoms with E-state index in [2.05, 4.69) is 20.8 Å². The molecule has 0 aliphatic carbocycles. The fourth-order valence-electron chi connectivity index (χ4n) is 10.7. The van der Waals surface area contributed by atoms with Crippen molar-refractivity contribution >= 4 is 11.9 Å². The van der Waals surface area contributed by atoms with Crippen LogP contribution in [0.25, 0.3) is 0 Å². The molecule has 3 aromatic rings. The number of aryl methyl sites for hydroxylation is 3. The molecule has 0 saturated heterocycles. The molecule has 0 heterocycles. The van der Waals surface area contributed by atoms with Gasteiger partial charge in [-0.3, -0.25) is 0 Å². The Morgan fingerprint density at radius 2 is 0.575 bits per heavy atom. The number of carbonyl (C=O) groups excluding carboxylic acids is 2. The van der Waals surface area contributed by atoms with E-state index in [1.165, 1.54) is 225 Å². The summed E-state index contributed by atoms with van der Waals surface area (Å²) in [7, 11) is 0. The minimum Gasteiger partial charge on any atom is -0.507 e. The average molecular weight is 1010 g/mol. The van der Waals surface area contributed by atoms with Crippen LogP contribution in [0, 0.1) is 0 Å². The van der Waals surface area contributed by atoms with Gasteiger partial charge in [-0.15, -0.1) is 0 Å². The second-order valence-corrected chi connectivity index (χ2v) is 22.0. The highest BCUT2D eigenvalue weighted by molar-refractivity contribution is 6.06. The Balaban J connectivity index is 1.56. The fraction of sp³-hybridized carbons (Fsp3) is 0.706. The Morgan fingerprint density at radius 3 is 0.890 bits per heavy atom. The van der Waals surface area contributed by atoms with E-state index in [9.17, 15) is 14.7 Å². The summed E-state index contributed by atoms with van der Waals surface area (Å²) >= 11 is 0. The summed E-state index contributed by atoms with van der Waals surface area (Å²) in [5, 5.41) is 11.9. The van der Waals surface area contributed by atoms with E-state index in [-0.39, 0.29) is 16.9 Å². The topological polar surface area (TPSA) is 72.8 Å². The maximum atomic E-state index is 14.4. The number of unbranched alkanes of at least 4 members (excludes halogenated alkanes) is 39. The standard InChI is InChI=1S/C68H110O5/c1-4-7-10-13-16-19-22-25-28-31-34-37-40-43-50-59-52-46-48-55-63(59)72-67(70)62-58-57-61(54-45-42-39-36-33-30-27-24-21-18-15-12-9-6-3)66(69)65(62)68(71)73-64-56-49-47-53-60(64)51-44-41-38-35-32-29-26-23-20-17-14-11-8-5-2/h46-49,52-53,55-58,69H,4-45,50-51,54H2,1-3H3. The lowest BCUT2D eigenvalue weighted by Gasteiger charge is -2.16. The lowest BCUT2D eigenvalue weighted by molar-refractivity contribution is 0.0687. The molecule has 5 nitrogen and oxygen atoms in total. The number of hydrogen-bond donors (Lipinski definition) is 1. The predicted octanol–water partition coefficient (Wildman–Crippen LogP) is 21.9. The molecule has 0 bridgehead atoms. The van der Waals surface area contributed by atoms with Crippen LogP contribution in [0.15, 0.2) is 60.7 Å². The first kappa shape index (κ1) is 63.7. The summed E-state index contributed by atoms with van der Waals surface area (Å²) in [6, 6.07) is 18.9. The smallest absolute Gasteiger partial charge is 0.348 e. The zero-order chi connectivity index (χ0) is 52.1. The van der Waals surface area contributed by atoms with Crippen LogP contribution in [0.5, 0.6) is 17.2 Å². The van der Waals surface area contributed by atoms with Crippen molar-refractivity contribution in [1.29, 1.82) is 0 Å². The van der Waals surface area contributed by atoms with Crippen molar-refractivity contribution < 1.29 is 24.2 Å². The lowest BCUT2D eigenvalue weighted by Crippen LogP contribution is -2.19. The number of phenols is 1. The maximum absolute atomic E-state index is 14.4. The Bertz CT molecular complexity index is 1800. The summed E-state index contributed by atoms with van der Waals surface area (Å²) in [5.74, 6) is -0.567. The molecule has 0 saturated carbocycles. The predicted molar refractivity (Wildman–Crippen MR) is 313 cm³/mol. The monoisotopic (exact) mass is 1010 g/mol. The van der Waals surface area contributed by atoms with Gasteiger partial charge in [0.15, 0.2) is 0 Å². The van der Waals surface area contributed by atoms with Gasteiger partial charge in [0.25, 0.3) is 0 Å². The summed E-state index contributed by atoms with van der Waals surface area (Å²) < 4.78 is 12.3. The van der Waals surface area contributed by atoms with Crippen molar-refractivity contribution in [2.24, 2.45) is 0 Å². The van der Waals surface area contributed by atoms with Crippen LogP contribution in [0.2, 0.25) is 0 Å².